The molecule has 26 heavy (non-hydrogen) atoms. The highest BCUT2D eigenvalue weighted by Crippen LogP contribution is 2.29. The van der Waals surface area contributed by atoms with Gasteiger partial charge in [0.15, 0.2) is 4.34 Å². The summed E-state index contributed by atoms with van der Waals surface area (Å²) < 4.78 is 0.754. The molecule has 0 bridgehead atoms. The zero-order chi connectivity index (χ0) is 18.4. The van der Waals surface area contributed by atoms with Crippen molar-refractivity contribution in [3.8, 4) is 0 Å². The van der Waals surface area contributed by atoms with E-state index in [1.165, 1.54) is 55.2 Å². The number of primary amides is 1. The second-order valence-electron chi connectivity index (χ2n) is 7.02. The Kier molecular flexibility index (Phi) is 7.13. The summed E-state index contributed by atoms with van der Waals surface area (Å²) in [5.41, 5.74) is 5.15. The number of anilines is 1. The van der Waals surface area contributed by atoms with Crippen LogP contribution in [0.2, 0.25) is 0 Å². The number of thioether (sulfide) groups is 1. The van der Waals surface area contributed by atoms with Gasteiger partial charge in [-0.2, -0.15) is 0 Å². The quantitative estimate of drug-likeness (QED) is 0.709. The third-order valence-electron chi connectivity index (χ3n) is 5.13. The Balaban J connectivity index is 1.40. The molecule has 0 aromatic carbocycles. The minimum absolute atomic E-state index is 0.220. The van der Waals surface area contributed by atoms with Crippen LogP contribution in [-0.4, -0.2) is 58.8 Å². The van der Waals surface area contributed by atoms with E-state index < -0.39 is 0 Å². The molecule has 1 aromatic heterocycles. The number of rotatable bonds is 7. The van der Waals surface area contributed by atoms with Crippen molar-refractivity contribution in [2.24, 2.45) is 11.7 Å². The van der Waals surface area contributed by atoms with Gasteiger partial charge in [-0.25, -0.2) is 0 Å². The van der Waals surface area contributed by atoms with Gasteiger partial charge in [-0.1, -0.05) is 55.2 Å². The minimum Gasteiger partial charge on any atom is -0.369 e. The molecule has 0 unspecified atom stereocenters. The van der Waals surface area contributed by atoms with Crippen molar-refractivity contribution < 1.29 is 9.59 Å². The predicted molar refractivity (Wildman–Crippen MR) is 104 cm³/mol. The largest absolute Gasteiger partial charge is 0.369 e. The van der Waals surface area contributed by atoms with E-state index in [1.807, 2.05) is 4.90 Å². The maximum absolute atomic E-state index is 12.5. The normalized spacial score (nSPS) is 18.9. The van der Waals surface area contributed by atoms with Crippen LogP contribution >= 0.6 is 23.1 Å². The van der Waals surface area contributed by atoms with E-state index in [4.69, 9.17) is 5.73 Å². The molecule has 2 N–H and O–H groups in total. The van der Waals surface area contributed by atoms with Crippen molar-refractivity contribution in [1.29, 1.82) is 0 Å². The molecule has 1 aliphatic heterocycles. The van der Waals surface area contributed by atoms with Crippen molar-refractivity contribution in [1.82, 2.24) is 15.1 Å². The van der Waals surface area contributed by atoms with E-state index >= 15 is 0 Å². The summed E-state index contributed by atoms with van der Waals surface area (Å²) >= 11 is 2.79. The fourth-order valence-corrected chi connectivity index (χ4v) is 5.26. The Morgan fingerprint density at radius 3 is 2.54 bits per heavy atom. The molecule has 0 radical (unpaired) electrons. The van der Waals surface area contributed by atoms with Crippen LogP contribution in [-0.2, 0) is 9.59 Å². The number of amides is 2. The lowest BCUT2D eigenvalue weighted by Crippen LogP contribution is -2.48. The van der Waals surface area contributed by atoms with Gasteiger partial charge in [-0.3, -0.25) is 9.59 Å². The lowest BCUT2D eigenvalue weighted by molar-refractivity contribution is -0.131. The van der Waals surface area contributed by atoms with E-state index in [-0.39, 0.29) is 11.7 Å². The number of hydrogen-bond donors (Lipinski definition) is 1. The first-order valence-electron chi connectivity index (χ1n) is 9.39. The van der Waals surface area contributed by atoms with Gasteiger partial charge in [0.05, 0.1) is 5.75 Å². The average molecular weight is 398 g/mol. The topological polar surface area (TPSA) is 92.4 Å². The fraction of sp³-hybridized carbons (Fsp3) is 0.765. The van der Waals surface area contributed by atoms with Gasteiger partial charge in [0.25, 0.3) is 0 Å². The molecule has 2 fully saturated rings. The molecule has 3 rings (SSSR count). The summed E-state index contributed by atoms with van der Waals surface area (Å²) in [4.78, 5) is 27.5. The first-order valence-corrected chi connectivity index (χ1v) is 11.2. The van der Waals surface area contributed by atoms with Gasteiger partial charge in [0, 0.05) is 32.6 Å². The second kappa shape index (κ2) is 9.55. The third-order valence-corrected chi connectivity index (χ3v) is 7.27. The maximum atomic E-state index is 12.5. The number of aromatic nitrogens is 2. The van der Waals surface area contributed by atoms with Crippen LogP contribution in [0.15, 0.2) is 4.34 Å². The van der Waals surface area contributed by atoms with Crippen LogP contribution in [0.3, 0.4) is 0 Å². The van der Waals surface area contributed by atoms with Crippen LogP contribution in [0.5, 0.6) is 0 Å². The van der Waals surface area contributed by atoms with E-state index in [9.17, 15) is 9.59 Å². The van der Waals surface area contributed by atoms with Gasteiger partial charge < -0.3 is 15.5 Å². The van der Waals surface area contributed by atoms with Crippen molar-refractivity contribution in [2.75, 3.05) is 36.8 Å². The fourth-order valence-electron chi connectivity index (χ4n) is 3.63. The van der Waals surface area contributed by atoms with E-state index in [0.717, 1.165) is 48.0 Å². The van der Waals surface area contributed by atoms with Gasteiger partial charge in [0.2, 0.25) is 16.9 Å². The Morgan fingerprint density at radius 1 is 1.12 bits per heavy atom. The summed E-state index contributed by atoms with van der Waals surface area (Å²) in [5, 5.41) is 9.16. The molecule has 144 valence electrons. The van der Waals surface area contributed by atoms with Crippen LogP contribution in [0, 0.1) is 5.92 Å². The van der Waals surface area contributed by atoms with Crippen LogP contribution in [0.1, 0.15) is 44.9 Å². The standard InChI is InChI=1S/C17H27N5O2S2/c18-14(23)12-25-17-20-19-16(26-17)22-10-8-21(9-11-22)15(24)7-6-13-4-2-1-3-5-13/h13H,1-12H2,(H2,18,23). The third kappa shape index (κ3) is 5.57. The highest BCUT2D eigenvalue weighted by Gasteiger charge is 2.24. The van der Waals surface area contributed by atoms with Crippen LogP contribution in [0.25, 0.3) is 0 Å². The number of nitrogens with two attached hydrogens (primary N) is 1. The highest BCUT2D eigenvalue weighted by atomic mass is 32.2. The van der Waals surface area contributed by atoms with Gasteiger partial charge in [0.1, 0.15) is 0 Å². The van der Waals surface area contributed by atoms with Gasteiger partial charge in [-0.15, -0.1) is 10.2 Å². The second-order valence-corrected chi connectivity index (χ2v) is 9.19. The van der Waals surface area contributed by atoms with Crippen molar-refractivity contribution in [3.63, 3.8) is 0 Å². The van der Waals surface area contributed by atoms with Crippen molar-refractivity contribution in [3.05, 3.63) is 0 Å². The molecule has 7 nitrogen and oxygen atoms in total. The molecule has 2 amide bonds. The number of hydrogen-bond acceptors (Lipinski definition) is 7. The van der Waals surface area contributed by atoms with E-state index in [1.54, 1.807) is 0 Å². The monoisotopic (exact) mass is 397 g/mol. The number of carbonyl (C=O) groups excluding carboxylic acids is 2. The first-order chi connectivity index (χ1) is 12.6. The van der Waals surface area contributed by atoms with Crippen LogP contribution in [0.4, 0.5) is 5.13 Å². The zero-order valence-corrected chi connectivity index (χ0v) is 16.7. The predicted octanol–water partition coefficient (Wildman–Crippen LogP) is 2.12. The molecule has 1 saturated carbocycles. The average Bonchev–Trinajstić information content (AvgIpc) is 3.14. The molecule has 2 heterocycles. The lowest BCUT2D eigenvalue weighted by Gasteiger charge is -2.34. The molecule has 2 aliphatic rings. The molecule has 1 saturated heterocycles. The smallest absolute Gasteiger partial charge is 0.227 e. The highest BCUT2D eigenvalue weighted by molar-refractivity contribution is 8.01. The Bertz CT molecular complexity index is 610. The molecule has 0 spiro atoms. The summed E-state index contributed by atoms with van der Waals surface area (Å²) in [6.07, 6.45) is 8.37. The molecular weight excluding hydrogens is 370 g/mol. The number of piperazine rings is 1. The number of carbonyl (C=O) groups is 2. The number of nitrogens with zero attached hydrogens (tertiary/aromatic N) is 4. The molecule has 1 aliphatic carbocycles. The SMILES string of the molecule is NC(=O)CSc1nnc(N2CCN(C(=O)CCC3CCCCC3)CC2)s1. The summed E-state index contributed by atoms with van der Waals surface area (Å²) in [5.74, 6) is 0.918. The van der Waals surface area contributed by atoms with E-state index in [0.29, 0.717) is 12.3 Å². The Hall–Kier alpha value is -1.35. The van der Waals surface area contributed by atoms with Crippen molar-refractivity contribution >= 4 is 40.0 Å². The van der Waals surface area contributed by atoms with Crippen molar-refractivity contribution in [2.45, 2.75) is 49.3 Å². The van der Waals surface area contributed by atoms with Gasteiger partial charge in [-0.05, 0) is 12.3 Å². The Labute approximate surface area is 162 Å². The summed E-state index contributed by atoms with van der Waals surface area (Å²) in [6.45, 7) is 3.05. The molecule has 1 aromatic rings. The molecular formula is C17H27N5O2S2. The summed E-state index contributed by atoms with van der Waals surface area (Å²) in [7, 11) is 0. The van der Waals surface area contributed by atoms with Gasteiger partial charge >= 0.3 is 0 Å². The maximum Gasteiger partial charge on any atom is 0.227 e. The summed E-state index contributed by atoms with van der Waals surface area (Å²) in [6, 6.07) is 0. The van der Waals surface area contributed by atoms with E-state index in [2.05, 4.69) is 15.1 Å². The zero-order valence-electron chi connectivity index (χ0n) is 15.1. The Morgan fingerprint density at radius 2 is 1.85 bits per heavy atom. The van der Waals surface area contributed by atoms with Crippen LogP contribution < -0.4 is 10.6 Å². The molecule has 0 atom stereocenters. The minimum atomic E-state index is -0.355. The lowest BCUT2D eigenvalue weighted by atomic mass is 9.86. The first kappa shape index (κ1) is 19.4. The molecule has 9 heteroatoms.